The van der Waals surface area contributed by atoms with Crippen molar-refractivity contribution in [1.82, 2.24) is 9.55 Å². The Morgan fingerprint density at radius 3 is 2.50 bits per heavy atom. The van der Waals surface area contributed by atoms with Crippen molar-refractivity contribution in [3.05, 3.63) is 57.6 Å². The number of hydrogen-bond acceptors (Lipinski definition) is 1. The van der Waals surface area contributed by atoms with Crippen LogP contribution in [0.25, 0.3) is 16.7 Å². The van der Waals surface area contributed by atoms with Gasteiger partial charge in [0.15, 0.2) is 16.4 Å². The van der Waals surface area contributed by atoms with E-state index in [1.165, 1.54) is 24.3 Å². The second-order valence-electron chi connectivity index (χ2n) is 4.09. The van der Waals surface area contributed by atoms with Gasteiger partial charge in [-0.2, -0.15) is 0 Å². The number of nitrogens with one attached hydrogen (secondary N) is 1. The number of aromatic nitrogens is 2. The van der Waals surface area contributed by atoms with Gasteiger partial charge in [0.1, 0.15) is 17.0 Å². The highest BCUT2D eigenvalue weighted by atomic mass is 35.5. The summed E-state index contributed by atoms with van der Waals surface area (Å²) in [7, 11) is 0. The third kappa shape index (κ3) is 1.83. The Morgan fingerprint density at radius 2 is 1.80 bits per heavy atom. The van der Waals surface area contributed by atoms with E-state index in [-0.39, 0.29) is 26.5 Å². The Labute approximate surface area is 121 Å². The van der Waals surface area contributed by atoms with Crippen LogP contribution < -0.4 is 0 Å². The lowest BCUT2D eigenvalue weighted by Gasteiger charge is -2.08. The molecule has 0 aliphatic rings. The van der Waals surface area contributed by atoms with Crippen LogP contribution >= 0.6 is 23.8 Å². The van der Waals surface area contributed by atoms with Gasteiger partial charge in [-0.15, -0.1) is 0 Å². The number of H-pyrrole nitrogens is 1. The van der Waals surface area contributed by atoms with E-state index in [0.29, 0.717) is 0 Å². The zero-order valence-corrected chi connectivity index (χ0v) is 11.3. The number of benzene rings is 2. The molecule has 0 bridgehead atoms. The summed E-state index contributed by atoms with van der Waals surface area (Å²) in [4.78, 5) is 2.69. The Bertz CT molecular complexity index is 865. The highest BCUT2D eigenvalue weighted by Crippen LogP contribution is 2.29. The van der Waals surface area contributed by atoms with Gasteiger partial charge in [-0.1, -0.05) is 17.7 Å². The summed E-state index contributed by atoms with van der Waals surface area (Å²) in [5.74, 6) is -2.85. The first kappa shape index (κ1) is 13.2. The van der Waals surface area contributed by atoms with Crippen LogP contribution in [0.3, 0.4) is 0 Å². The number of nitrogens with zero attached hydrogens (tertiary/aromatic N) is 1. The largest absolute Gasteiger partial charge is 0.330 e. The van der Waals surface area contributed by atoms with Crippen LogP contribution in [0.15, 0.2) is 30.3 Å². The number of fused-ring (bicyclic) bond motifs is 1. The molecule has 1 heterocycles. The lowest BCUT2D eigenvalue weighted by Crippen LogP contribution is -2.01. The van der Waals surface area contributed by atoms with Gasteiger partial charge >= 0.3 is 0 Å². The second-order valence-corrected chi connectivity index (χ2v) is 4.89. The summed E-state index contributed by atoms with van der Waals surface area (Å²) in [6.07, 6.45) is 0. The molecule has 2 aromatic carbocycles. The lowest BCUT2D eigenvalue weighted by molar-refractivity contribution is 0.514. The number of imidazole rings is 1. The molecule has 1 N–H and O–H groups in total. The van der Waals surface area contributed by atoms with Gasteiger partial charge in [-0.25, -0.2) is 13.2 Å². The normalized spacial score (nSPS) is 11.2. The van der Waals surface area contributed by atoms with Gasteiger partial charge in [0.05, 0.1) is 10.5 Å². The number of halogens is 4. The van der Waals surface area contributed by atoms with Gasteiger partial charge in [0.2, 0.25) is 0 Å². The first-order valence-electron chi connectivity index (χ1n) is 5.54. The first-order chi connectivity index (χ1) is 9.50. The molecule has 0 aliphatic heterocycles. The Hall–Kier alpha value is -1.79. The molecule has 20 heavy (non-hydrogen) atoms. The molecule has 0 spiro atoms. The summed E-state index contributed by atoms with van der Waals surface area (Å²) in [5.41, 5.74) is -0.0369. The molecule has 0 atom stereocenters. The molecule has 2 nitrogen and oxygen atoms in total. The number of para-hydroxylation sites is 1. The SMILES string of the molecule is Fc1cccc(Cl)c1-n1c(=S)[nH]c2ccc(F)c(F)c21. The summed E-state index contributed by atoms with van der Waals surface area (Å²) in [5, 5.41) is 0.0469. The van der Waals surface area contributed by atoms with E-state index >= 15 is 0 Å². The van der Waals surface area contributed by atoms with Crippen molar-refractivity contribution in [3.63, 3.8) is 0 Å². The van der Waals surface area contributed by atoms with Crippen molar-refractivity contribution in [2.45, 2.75) is 0 Å². The van der Waals surface area contributed by atoms with Crippen LogP contribution in [0.1, 0.15) is 0 Å². The molecule has 0 unspecified atom stereocenters. The van der Waals surface area contributed by atoms with Crippen molar-refractivity contribution >= 4 is 34.9 Å². The summed E-state index contributed by atoms with van der Waals surface area (Å²) < 4.78 is 42.4. The number of rotatable bonds is 1. The fourth-order valence-electron chi connectivity index (χ4n) is 2.05. The maximum Gasteiger partial charge on any atom is 0.184 e. The zero-order chi connectivity index (χ0) is 14.4. The standard InChI is InChI=1S/C13H6ClF3N2S/c14-6-2-1-3-8(16)11(6)19-12-9(18-13(19)20)5-4-7(15)10(12)17/h1-5H,(H,18,20). The van der Waals surface area contributed by atoms with Crippen molar-refractivity contribution in [3.8, 4) is 5.69 Å². The molecular weight excluding hydrogens is 309 g/mol. The second kappa shape index (κ2) is 4.64. The quantitative estimate of drug-likeness (QED) is 0.642. The average Bonchev–Trinajstić information content (AvgIpc) is 2.72. The first-order valence-corrected chi connectivity index (χ1v) is 6.32. The maximum atomic E-state index is 14.0. The van der Waals surface area contributed by atoms with Gasteiger partial charge < -0.3 is 4.98 Å². The van der Waals surface area contributed by atoms with Crippen molar-refractivity contribution in [2.75, 3.05) is 0 Å². The van der Waals surface area contributed by atoms with Gasteiger partial charge in [-0.05, 0) is 36.5 Å². The monoisotopic (exact) mass is 314 g/mol. The minimum Gasteiger partial charge on any atom is -0.330 e. The van der Waals surface area contributed by atoms with E-state index in [1.54, 1.807) is 0 Å². The molecule has 0 radical (unpaired) electrons. The van der Waals surface area contributed by atoms with Gasteiger partial charge in [0, 0.05) is 0 Å². The van der Waals surface area contributed by atoms with Crippen molar-refractivity contribution < 1.29 is 13.2 Å². The Kier molecular flexibility index (Phi) is 3.07. The summed E-state index contributed by atoms with van der Waals surface area (Å²) >= 11 is 11.0. The molecule has 7 heteroatoms. The topological polar surface area (TPSA) is 20.7 Å². The molecule has 0 amide bonds. The van der Waals surface area contributed by atoms with Crippen LogP contribution in [0, 0.1) is 22.2 Å². The molecule has 1 aromatic heterocycles. The maximum absolute atomic E-state index is 14.0. The highest BCUT2D eigenvalue weighted by Gasteiger charge is 2.18. The average molecular weight is 315 g/mol. The predicted molar refractivity (Wildman–Crippen MR) is 73.3 cm³/mol. The molecule has 102 valence electrons. The van der Waals surface area contributed by atoms with Crippen LogP contribution in [0.4, 0.5) is 13.2 Å². The molecule has 3 rings (SSSR count). The molecule has 3 aromatic rings. The molecule has 0 saturated heterocycles. The van der Waals surface area contributed by atoms with E-state index in [9.17, 15) is 13.2 Å². The smallest absolute Gasteiger partial charge is 0.184 e. The molecular formula is C13H6ClF3N2S. The molecule has 0 fully saturated rings. The minimum absolute atomic E-state index is 0.0245. The van der Waals surface area contributed by atoms with E-state index < -0.39 is 17.5 Å². The van der Waals surface area contributed by atoms with E-state index in [1.807, 2.05) is 0 Å². The van der Waals surface area contributed by atoms with Gasteiger partial charge in [-0.3, -0.25) is 4.57 Å². The Balaban J connectivity index is 2.52. The van der Waals surface area contributed by atoms with Gasteiger partial charge in [0.25, 0.3) is 0 Å². The zero-order valence-electron chi connectivity index (χ0n) is 9.75. The highest BCUT2D eigenvalue weighted by molar-refractivity contribution is 7.71. The van der Waals surface area contributed by atoms with E-state index in [0.717, 1.165) is 10.6 Å². The number of aromatic amines is 1. The third-order valence-electron chi connectivity index (χ3n) is 2.90. The van der Waals surface area contributed by atoms with Crippen molar-refractivity contribution in [1.29, 1.82) is 0 Å². The summed E-state index contributed by atoms with van der Waals surface area (Å²) in [6, 6.07) is 6.32. The molecule has 0 aliphatic carbocycles. The van der Waals surface area contributed by atoms with E-state index in [4.69, 9.17) is 23.8 Å². The van der Waals surface area contributed by atoms with Crippen molar-refractivity contribution in [2.24, 2.45) is 0 Å². The minimum atomic E-state index is -1.12. The predicted octanol–water partition coefficient (Wildman–Crippen LogP) is 4.76. The summed E-state index contributed by atoms with van der Waals surface area (Å²) in [6.45, 7) is 0. The van der Waals surface area contributed by atoms with E-state index in [2.05, 4.69) is 4.98 Å². The van der Waals surface area contributed by atoms with Crippen LogP contribution in [-0.4, -0.2) is 9.55 Å². The molecule has 0 saturated carbocycles. The fourth-order valence-corrected chi connectivity index (χ4v) is 2.59. The third-order valence-corrected chi connectivity index (χ3v) is 3.49. The fraction of sp³-hybridized carbons (Fsp3) is 0. The van der Waals surface area contributed by atoms with Crippen LogP contribution in [0.2, 0.25) is 5.02 Å². The number of hydrogen-bond donors (Lipinski definition) is 1. The Morgan fingerprint density at radius 1 is 1.05 bits per heavy atom. The van der Waals surface area contributed by atoms with Crippen LogP contribution in [0.5, 0.6) is 0 Å². The lowest BCUT2D eigenvalue weighted by atomic mass is 10.2. The van der Waals surface area contributed by atoms with Crippen LogP contribution in [-0.2, 0) is 0 Å².